The van der Waals surface area contributed by atoms with Crippen LogP contribution in [0, 0.1) is 5.92 Å². The number of hydrogen-bond donors (Lipinski definition) is 2. The van der Waals surface area contributed by atoms with Gasteiger partial charge in [0.15, 0.2) is 0 Å². The predicted octanol–water partition coefficient (Wildman–Crippen LogP) is 3.34. The van der Waals surface area contributed by atoms with Gasteiger partial charge in [-0.2, -0.15) is 0 Å². The summed E-state index contributed by atoms with van der Waals surface area (Å²) in [4.78, 5) is 13.2. The van der Waals surface area contributed by atoms with Crippen LogP contribution >= 0.6 is 23.4 Å². The maximum atomic E-state index is 12.3. The molecule has 1 fully saturated rings. The average Bonchev–Trinajstić information content (AvgIpc) is 2.84. The van der Waals surface area contributed by atoms with Crippen LogP contribution in [0.3, 0.4) is 0 Å². The Bertz CT molecular complexity index is 481. The van der Waals surface area contributed by atoms with Gasteiger partial charge in [-0.3, -0.25) is 4.79 Å². The zero-order valence-corrected chi connectivity index (χ0v) is 13.1. The fourth-order valence-electron chi connectivity index (χ4n) is 2.54. The number of carbonyl (C=O) groups is 1. The monoisotopic (exact) mass is 313 g/mol. The Kier molecular flexibility index (Phi) is 5.75. The van der Waals surface area contributed by atoms with Gasteiger partial charge < -0.3 is 10.4 Å². The topological polar surface area (TPSA) is 49.3 Å². The van der Waals surface area contributed by atoms with Crippen molar-refractivity contribution in [3.05, 3.63) is 28.8 Å². The molecule has 1 aromatic rings. The summed E-state index contributed by atoms with van der Waals surface area (Å²) in [6.07, 6.45) is 2.58. The van der Waals surface area contributed by atoms with E-state index in [1.54, 1.807) is 23.9 Å². The summed E-state index contributed by atoms with van der Waals surface area (Å²) in [5, 5.41) is 13.3. The summed E-state index contributed by atoms with van der Waals surface area (Å²) in [6, 6.07) is 5.40. The summed E-state index contributed by atoms with van der Waals surface area (Å²) in [5.41, 5.74) is 0.622. The van der Waals surface area contributed by atoms with E-state index < -0.39 is 0 Å². The molecule has 0 heterocycles. The number of amides is 1. The first-order chi connectivity index (χ1) is 9.61. The number of rotatable bonds is 5. The molecule has 0 aliphatic heterocycles. The summed E-state index contributed by atoms with van der Waals surface area (Å²) in [7, 11) is 0. The van der Waals surface area contributed by atoms with Crippen molar-refractivity contribution in [2.24, 2.45) is 5.92 Å². The third kappa shape index (κ3) is 3.90. The van der Waals surface area contributed by atoms with Crippen molar-refractivity contribution in [3.63, 3.8) is 0 Å². The first kappa shape index (κ1) is 15.7. The fourth-order valence-corrected chi connectivity index (χ4v) is 3.49. The molecule has 0 saturated heterocycles. The zero-order chi connectivity index (χ0) is 14.5. The molecule has 0 aromatic heterocycles. The Morgan fingerprint density at radius 2 is 2.30 bits per heavy atom. The average molecular weight is 314 g/mol. The Morgan fingerprint density at radius 1 is 1.50 bits per heavy atom. The van der Waals surface area contributed by atoms with Crippen LogP contribution in [0.1, 0.15) is 36.5 Å². The molecule has 2 unspecified atom stereocenters. The van der Waals surface area contributed by atoms with Crippen molar-refractivity contribution < 1.29 is 9.90 Å². The third-order valence-corrected chi connectivity index (χ3v) is 4.82. The van der Waals surface area contributed by atoms with Gasteiger partial charge >= 0.3 is 0 Å². The molecule has 0 spiro atoms. The molecule has 5 heteroatoms. The summed E-state index contributed by atoms with van der Waals surface area (Å²) in [5.74, 6) is 0.978. The standard InChI is InChI=1S/C15H20ClNO2S/c1-2-20-14-7-6-11(16)8-12(14)15(19)17-9-10-4-3-5-13(10)18/h6-8,10,13,18H,2-5,9H2,1H3,(H,17,19). The molecule has 2 rings (SSSR count). The zero-order valence-electron chi connectivity index (χ0n) is 11.6. The predicted molar refractivity (Wildman–Crippen MR) is 83.5 cm³/mol. The second-order valence-corrected chi connectivity index (χ2v) is 6.78. The van der Waals surface area contributed by atoms with E-state index >= 15 is 0 Å². The number of thioether (sulfide) groups is 1. The maximum Gasteiger partial charge on any atom is 0.252 e. The number of halogens is 1. The van der Waals surface area contributed by atoms with Gasteiger partial charge in [-0.25, -0.2) is 0 Å². The second kappa shape index (κ2) is 7.34. The van der Waals surface area contributed by atoms with Crippen LogP contribution in [0.25, 0.3) is 0 Å². The summed E-state index contributed by atoms with van der Waals surface area (Å²) in [6.45, 7) is 2.58. The van der Waals surface area contributed by atoms with Gasteiger partial charge in [0.05, 0.1) is 11.7 Å². The molecular formula is C15H20ClNO2S. The number of nitrogens with one attached hydrogen (secondary N) is 1. The van der Waals surface area contributed by atoms with Gasteiger partial charge in [-0.1, -0.05) is 24.9 Å². The summed E-state index contributed by atoms with van der Waals surface area (Å²) >= 11 is 7.61. The molecule has 20 heavy (non-hydrogen) atoms. The highest BCUT2D eigenvalue weighted by Gasteiger charge is 2.25. The smallest absolute Gasteiger partial charge is 0.252 e. The molecule has 1 aromatic carbocycles. The van der Waals surface area contributed by atoms with Crippen LogP contribution in [-0.2, 0) is 0 Å². The Labute approximate surface area is 129 Å². The Balaban J connectivity index is 2.02. The molecule has 1 aliphatic rings. The highest BCUT2D eigenvalue weighted by molar-refractivity contribution is 7.99. The second-order valence-electron chi connectivity index (χ2n) is 5.04. The van der Waals surface area contributed by atoms with Crippen molar-refractivity contribution in [1.29, 1.82) is 0 Å². The quantitative estimate of drug-likeness (QED) is 0.820. The highest BCUT2D eigenvalue weighted by atomic mass is 35.5. The van der Waals surface area contributed by atoms with Gasteiger partial charge in [0.1, 0.15) is 0 Å². The van der Waals surface area contributed by atoms with E-state index in [-0.39, 0.29) is 17.9 Å². The van der Waals surface area contributed by atoms with E-state index in [4.69, 9.17) is 11.6 Å². The molecular weight excluding hydrogens is 294 g/mol. The lowest BCUT2D eigenvalue weighted by atomic mass is 10.1. The number of hydrogen-bond acceptors (Lipinski definition) is 3. The summed E-state index contributed by atoms with van der Waals surface area (Å²) < 4.78 is 0. The van der Waals surface area contributed by atoms with Crippen LogP contribution < -0.4 is 5.32 Å². The van der Waals surface area contributed by atoms with E-state index in [1.807, 2.05) is 6.07 Å². The normalized spacial score (nSPS) is 21.9. The molecule has 0 radical (unpaired) electrons. The maximum absolute atomic E-state index is 12.3. The van der Waals surface area contributed by atoms with Gasteiger partial charge in [0.2, 0.25) is 0 Å². The molecule has 1 amide bonds. The van der Waals surface area contributed by atoms with Crippen LogP contribution in [0.15, 0.2) is 23.1 Å². The van der Waals surface area contributed by atoms with Gasteiger partial charge in [-0.05, 0) is 36.8 Å². The van der Waals surface area contributed by atoms with Gasteiger partial charge in [-0.15, -0.1) is 11.8 Å². The SMILES string of the molecule is CCSc1ccc(Cl)cc1C(=O)NCC1CCCC1O. The molecule has 2 atom stereocenters. The lowest BCUT2D eigenvalue weighted by Gasteiger charge is -2.16. The van der Waals surface area contributed by atoms with Gasteiger partial charge in [0, 0.05) is 22.4 Å². The van der Waals surface area contributed by atoms with Crippen LogP contribution in [0.5, 0.6) is 0 Å². The molecule has 3 nitrogen and oxygen atoms in total. The molecule has 2 N–H and O–H groups in total. The first-order valence-corrected chi connectivity index (χ1v) is 8.36. The minimum atomic E-state index is -0.279. The highest BCUT2D eigenvalue weighted by Crippen LogP contribution is 2.27. The van der Waals surface area contributed by atoms with E-state index in [2.05, 4.69) is 12.2 Å². The van der Waals surface area contributed by atoms with Crippen LogP contribution in [-0.4, -0.2) is 29.4 Å². The Hall–Kier alpha value is -0.710. The van der Waals surface area contributed by atoms with Crippen LogP contribution in [0.4, 0.5) is 0 Å². The van der Waals surface area contributed by atoms with Crippen LogP contribution in [0.2, 0.25) is 5.02 Å². The molecule has 110 valence electrons. The minimum absolute atomic E-state index is 0.109. The van der Waals surface area contributed by atoms with Crippen molar-refractivity contribution in [1.82, 2.24) is 5.32 Å². The van der Waals surface area contributed by atoms with E-state index in [1.165, 1.54) is 0 Å². The largest absolute Gasteiger partial charge is 0.393 e. The third-order valence-electron chi connectivity index (χ3n) is 3.63. The molecule has 0 bridgehead atoms. The van der Waals surface area contributed by atoms with E-state index in [9.17, 15) is 9.90 Å². The van der Waals surface area contributed by atoms with Crippen molar-refractivity contribution in [2.75, 3.05) is 12.3 Å². The number of aliphatic hydroxyl groups is 1. The Morgan fingerprint density at radius 3 is 2.95 bits per heavy atom. The van der Waals surface area contributed by atoms with Gasteiger partial charge in [0.25, 0.3) is 5.91 Å². The minimum Gasteiger partial charge on any atom is -0.393 e. The molecule has 1 saturated carbocycles. The van der Waals surface area contributed by atoms with E-state index in [0.717, 1.165) is 29.9 Å². The van der Waals surface area contributed by atoms with Crippen molar-refractivity contribution in [3.8, 4) is 0 Å². The number of carbonyl (C=O) groups excluding carboxylic acids is 1. The number of aliphatic hydroxyl groups excluding tert-OH is 1. The first-order valence-electron chi connectivity index (χ1n) is 7.00. The molecule has 1 aliphatic carbocycles. The lowest BCUT2D eigenvalue weighted by molar-refractivity contribution is 0.0914. The van der Waals surface area contributed by atoms with Crippen molar-refractivity contribution >= 4 is 29.3 Å². The van der Waals surface area contributed by atoms with Crippen molar-refractivity contribution in [2.45, 2.75) is 37.2 Å². The fraction of sp³-hybridized carbons (Fsp3) is 0.533. The number of benzene rings is 1. The lowest BCUT2D eigenvalue weighted by Crippen LogP contribution is -2.32. The van der Waals surface area contributed by atoms with E-state index in [0.29, 0.717) is 17.1 Å².